The smallest absolute Gasteiger partial charge is 0.228 e. The van der Waals surface area contributed by atoms with E-state index in [1.807, 2.05) is 25.1 Å². The van der Waals surface area contributed by atoms with Crippen LogP contribution in [-0.2, 0) is 4.79 Å². The van der Waals surface area contributed by atoms with Gasteiger partial charge in [-0.15, -0.1) is 0 Å². The van der Waals surface area contributed by atoms with Crippen molar-refractivity contribution in [3.63, 3.8) is 0 Å². The minimum atomic E-state index is 0.243. The standard InChI is InChI=1S/C18H24N2O/c1-10-4-15(2-3-16(10)19)20-18(21)17-13-6-11-5-12(8-13)9-14(17)7-11/h2-4,11-14,17H,5-9,19H2,1H3,(H,20,21). The number of nitrogen functional groups attached to an aromatic ring is 1. The number of aryl methyl sites for hydroxylation is 1. The molecule has 1 aromatic rings. The van der Waals surface area contributed by atoms with E-state index in [2.05, 4.69) is 5.32 Å². The summed E-state index contributed by atoms with van der Waals surface area (Å²) in [6, 6.07) is 5.77. The Morgan fingerprint density at radius 1 is 1.10 bits per heavy atom. The molecule has 4 fully saturated rings. The van der Waals surface area contributed by atoms with Crippen molar-refractivity contribution >= 4 is 17.3 Å². The largest absolute Gasteiger partial charge is 0.399 e. The van der Waals surface area contributed by atoms with Crippen molar-refractivity contribution in [2.45, 2.75) is 39.0 Å². The number of amides is 1. The van der Waals surface area contributed by atoms with Gasteiger partial charge in [-0.2, -0.15) is 0 Å². The second-order valence-electron chi connectivity index (χ2n) is 7.52. The number of benzene rings is 1. The molecule has 0 spiro atoms. The van der Waals surface area contributed by atoms with E-state index >= 15 is 0 Å². The van der Waals surface area contributed by atoms with Crippen LogP contribution in [0.15, 0.2) is 18.2 Å². The molecule has 4 saturated carbocycles. The fraction of sp³-hybridized carbons (Fsp3) is 0.611. The van der Waals surface area contributed by atoms with Crippen molar-refractivity contribution in [2.24, 2.45) is 29.6 Å². The second kappa shape index (κ2) is 4.75. The number of carbonyl (C=O) groups is 1. The maximum Gasteiger partial charge on any atom is 0.228 e. The SMILES string of the molecule is Cc1cc(NC(=O)C2C3CC4CC(C3)CC2C4)ccc1N. The Morgan fingerprint density at radius 3 is 2.29 bits per heavy atom. The van der Waals surface area contributed by atoms with E-state index in [1.165, 1.54) is 32.1 Å². The van der Waals surface area contributed by atoms with E-state index in [0.29, 0.717) is 11.8 Å². The monoisotopic (exact) mass is 284 g/mol. The lowest BCUT2D eigenvalue weighted by atomic mass is 9.51. The Bertz CT molecular complexity index is 553. The zero-order valence-corrected chi connectivity index (χ0v) is 12.6. The molecule has 0 heterocycles. The summed E-state index contributed by atoms with van der Waals surface area (Å²) in [7, 11) is 0. The molecule has 112 valence electrons. The molecule has 4 bridgehead atoms. The summed E-state index contributed by atoms with van der Waals surface area (Å²) >= 11 is 0. The lowest BCUT2D eigenvalue weighted by molar-refractivity contribution is -0.132. The number of hydrogen-bond donors (Lipinski definition) is 2. The number of nitrogens with one attached hydrogen (secondary N) is 1. The van der Waals surface area contributed by atoms with Crippen LogP contribution in [0.4, 0.5) is 11.4 Å². The average molecular weight is 284 g/mol. The van der Waals surface area contributed by atoms with Gasteiger partial charge >= 0.3 is 0 Å². The highest BCUT2D eigenvalue weighted by molar-refractivity contribution is 5.93. The van der Waals surface area contributed by atoms with Gasteiger partial charge in [0.05, 0.1) is 0 Å². The molecule has 4 aliphatic rings. The zero-order chi connectivity index (χ0) is 14.6. The molecule has 0 unspecified atom stereocenters. The molecule has 0 saturated heterocycles. The topological polar surface area (TPSA) is 55.1 Å². The first kappa shape index (κ1) is 13.2. The third-order valence-corrected chi connectivity index (χ3v) is 6.07. The summed E-state index contributed by atoms with van der Waals surface area (Å²) in [5.41, 5.74) is 8.54. The van der Waals surface area contributed by atoms with E-state index in [0.717, 1.165) is 28.8 Å². The third-order valence-electron chi connectivity index (χ3n) is 6.07. The normalized spacial score (nSPS) is 36.7. The van der Waals surface area contributed by atoms with E-state index in [1.54, 1.807) is 0 Å². The van der Waals surface area contributed by atoms with Gasteiger partial charge in [-0.05, 0) is 86.5 Å². The van der Waals surface area contributed by atoms with Crippen LogP contribution in [-0.4, -0.2) is 5.91 Å². The highest BCUT2D eigenvalue weighted by atomic mass is 16.1. The van der Waals surface area contributed by atoms with Crippen LogP contribution >= 0.6 is 0 Å². The molecular weight excluding hydrogens is 260 g/mol. The van der Waals surface area contributed by atoms with Gasteiger partial charge < -0.3 is 11.1 Å². The molecule has 3 nitrogen and oxygen atoms in total. The average Bonchev–Trinajstić information content (AvgIpc) is 2.41. The summed E-state index contributed by atoms with van der Waals surface area (Å²) in [6.07, 6.45) is 6.56. The van der Waals surface area contributed by atoms with Crippen LogP contribution in [0.5, 0.6) is 0 Å². The number of nitrogens with two attached hydrogens (primary N) is 1. The second-order valence-corrected chi connectivity index (χ2v) is 7.52. The summed E-state index contributed by atoms with van der Waals surface area (Å²) < 4.78 is 0. The molecule has 1 aromatic carbocycles. The lowest BCUT2D eigenvalue weighted by Crippen LogP contribution is -2.49. The number of hydrogen-bond acceptors (Lipinski definition) is 2. The van der Waals surface area contributed by atoms with Crippen LogP contribution in [0, 0.1) is 36.5 Å². The first-order valence-corrected chi connectivity index (χ1v) is 8.27. The fourth-order valence-corrected chi connectivity index (χ4v) is 5.33. The van der Waals surface area contributed by atoms with E-state index in [9.17, 15) is 4.79 Å². The van der Waals surface area contributed by atoms with Gasteiger partial charge in [-0.25, -0.2) is 0 Å². The lowest BCUT2D eigenvalue weighted by Gasteiger charge is -2.53. The van der Waals surface area contributed by atoms with Crippen LogP contribution in [0.25, 0.3) is 0 Å². The highest BCUT2D eigenvalue weighted by Crippen LogP contribution is 2.56. The van der Waals surface area contributed by atoms with E-state index in [-0.39, 0.29) is 11.8 Å². The molecule has 21 heavy (non-hydrogen) atoms. The predicted molar refractivity (Wildman–Crippen MR) is 84.8 cm³/mol. The van der Waals surface area contributed by atoms with Crippen molar-refractivity contribution in [3.8, 4) is 0 Å². The fourth-order valence-electron chi connectivity index (χ4n) is 5.33. The van der Waals surface area contributed by atoms with Gasteiger partial charge in [0.15, 0.2) is 0 Å². The Hall–Kier alpha value is -1.51. The predicted octanol–water partition coefficient (Wildman–Crippen LogP) is 3.59. The maximum atomic E-state index is 12.8. The highest BCUT2D eigenvalue weighted by Gasteiger charge is 2.50. The van der Waals surface area contributed by atoms with Crippen molar-refractivity contribution in [3.05, 3.63) is 23.8 Å². The summed E-state index contributed by atoms with van der Waals surface area (Å²) in [4.78, 5) is 12.8. The molecule has 3 heteroatoms. The van der Waals surface area contributed by atoms with Crippen LogP contribution in [0.2, 0.25) is 0 Å². The Labute approximate surface area is 126 Å². The number of rotatable bonds is 2. The summed E-state index contributed by atoms with van der Waals surface area (Å²) in [5.74, 6) is 3.58. The molecule has 5 rings (SSSR count). The number of carbonyl (C=O) groups excluding carboxylic acids is 1. The van der Waals surface area contributed by atoms with Crippen molar-refractivity contribution in [1.82, 2.24) is 0 Å². The molecule has 1 amide bonds. The molecular formula is C18H24N2O. The molecule has 4 aliphatic carbocycles. The van der Waals surface area contributed by atoms with Gasteiger partial charge in [-0.3, -0.25) is 4.79 Å². The molecule has 0 aliphatic heterocycles. The van der Waals surface area contributed by atoms with Crippen molar-refractivity contribution < 1.29 is 4.79 Å². The number of anilines is 2. The first-order chi connectivity index (χ1) is 10.1. The van der Waals surface area contributed by atoms with Crippen molar-refractivity contribution in [2.75, 3.05) is 11.1 Å². The Kier molecular flexibility index (Phi) is 2.98. The quantitative estimate of drug-likeness (QED) is 0.815. The minimum Gasteiger partial charge on any atom is -0.399 e. The van der Waals surface area contributed by atoms with E-state index in [4.69, 9.17) is 5.73 Å². The zero-order valence-electron chi connectivity index (χ0n) is 12.6. The maximum absolute atomic E-state index is 12.8. The molecule has 0 aromatic heterocycles. The molecule has 3 N–H and O–H groups in total. The van der Waals surface area contributed by atoms with Gasteiger partial charge in [0.1, 0.15) is 0 Å². The molecule has 0 radical (unpaired) electrons. The van der Waals surface area contributed by atoms with Crippen LogP contribution in [0.3, 0.4) is 0 Å². The minimum absolute atomic E-state index is 0.243. The summed E-state index contributed by atoms with van der Waals surface area (Å²) in [5, 5.41) is 3.14. The van der Waals surface area contributed by atoms with Gasteiger partial charge in [-0.1, -0.05) is 0 Å². The third kappa shape index (κ3) is 2.23. The van der Waals surface area contributed by atoms with Crippen LogP contribution < -0.4 is 11.1 Å². The van der Waals surface area contributed by atoms with Crippen molar-refractivity contribution in [1.29, 1.82) is 0 Å². The Balaban J connectivity index is 1.51. The first-order valence-electron chi connectivity index (χ1n) is 8.27. The van der Waals surface area contributed by atoms with Gasteiger partial charge in [0.2, 0.25) is 5.91 Å². The molecule has 0 atom stereocenters. The Morgan fingerprint density at radius 2 is 1.71 bits per heavy atom. The van der Waals surface area contributed by atoms with E-state index < -0.39 is 0 Å². The summed E-state index contributed by atoms with van der Waals surface area (Å²) in [6.45, 7) is 1.98. The van der Waals surface area contributed by atoms with Gasteiger partial charge in [0, 0.05) is 17.3 Å². The van der Waals surface area contributed by atoms with Gasteiger partial charge in [0.25, 0.3) is 0 Å². The van der Waals surface area contributed by atoms with Crippen LogP contribution in [0.1, 0.15) is 37.7 Å².